The third kappa shape index (κ3) is 6.24. The van der Waals surface area contributed by atoms with E-state index in [2.05, 4.69) is 72.7 Å². The Kier molecular flexibility index (Phi) is 8.87. The molecule has 3 nitrogen and oxygen atoms in total. The van der Waals surface area contributed by atoms with Crippen molar-refractivity contribution in [3.8, 4) is 0 Å². The predicted octanol–water partition coefficient (Wildman–Crippen LogP) is 7.90. The van der Waals surface area contributed by atoms with E-state index in [1.165, 1.54) is 34.1 Å². The van der Waals surface area contributed by atoms with Gasteiger partial charge in [0.05, 0.1) is 6.10 Å². The summed E-state index contributed by atoms with van der Waals surface area (Å²) in [6.45, 7) is 14.9. The number of rotatable bonds is 9. The van der Waals surface area contributed by atoms with Crippen molar-refractivity contribution in [2.45, 2.75) is 59.1 Å². The third-order valence-corrected chi connectivity index (χ3v) is 8.90. The molecule has 0 amide bonds. The first-order valence-electron chi connectivity index (χ1n) is 14.8. The lowest BCUT2D eigenvalue weighted by molar-refractivity contribution is 0.0462. The maximum atomic E-state index is 14.5. The zero-order chi connectivity index (χ0) is 28.2. The number of nitrogens with zero attached hydrogens (tertiary/aromatic N) is 2. The molecular weight excluding hydrogens is 495 g/mol. The number of hydrogen-bond acceptors (Lipinski definition) is 3. The highest BCUT2D eigenvalue weighted by molar-refractivity contribution is 5.81. The fourth-order valence-corrected chi connectivity index (χ4v) is 6.51. The van der Waals surface area contributed by atoms with Gasteiger partial charge in [-0.1, -0.05) is 67.3 Å². The van der Waals surface area contributed by atoms with Crippen LogP contribution in [0.5, 0.6) is 0 Å². The van der Waals surface area contributed by atoms with Gasteiger partial charge in [-0.25, -0.2) is 4.39 Å². The number of aliphatic hydroxyl groups excluding tert-OH is 1. The second kappa shape index (κ2) is 12.5. The van der Waals surface area contributed by atoms with E-state index in [0.29, 0.717) is 17.4 Å². The number of aryl methyl sites for hydroxylation is 2. The number of halogens is 1. The minimum atomic E-state index is -0.185. The minimum absolute atomic E-state index is 0.137. The summed E-state index contributed by atoms with van der Waals surface area (Å²) in [6, 6.07) is 22.2. The Morgan fingerprint density at radius 1 is 0.975 bits per heavy atom. The fraction of sp³-hybridized carbons (Fsp3) is 0.389. The van der Waals surface area contributed by atoms with Gasteiger partial charge in [0, 0.05) is 36.0 Å². The first-order valence-corrected chi connectivity index (χ1v) is 14.8. The highest BCUT2D eigenvalue weighted by atomic mass is 19.1. The van der Waals surface area contributed by atoms with E-state index in [-0.39, 0.29) is 11.9 Å². The van der Waals surface area contributed by atoms with Crippen molar-refractivity contribution in [1.82, 2.24) is 4.90 Å². The summed E-state index contributed by atoms with van der Waals surface area (Å²) in [7, 11) is 0. The van der Waals surface area contributed by atoms with Crippen molar-refractivity contribution in [1.29, 1.82) is 0 Å². The molecule has 0 aromatic heterocycles. The molecule has 1 saturated heterocycles. The van der Waals surface area contributed by atoms with E-state index in [0.717, 1.165) is 63.0 Å². The summed E-state index contributed by atoms with van der Waals surface area (Å²) < 4.78 is 14.5. The normalized spacial score (nSPS) is 20.3. The Morgan fingerprint density at radius 2 is 1.68 bits per heavy atom. The standard InChI is InChI=1S/C36H43FN2O/c1-5-32(34-11-7-8-12-35(34)37)33-15-14-28(20-26(33)3)23-38-18-16-30(17-19-38)27(4)39(24-29-21-31(40)22-29)36-13-9-6-10-25(36)2/h5-15,20,29-31,40H,4,16-19,21-24H2,1-3H3/b32-5+. The van der Waals surface area contributed by atoms with Gasteiger partial charge in [0.2, 0.25) is 0 Å². The first kappa shape index (κ1) is 28.3. The summed E-state index contributed by atoms with van der Waals surface area (Å²) in [5.74, 6) is 0.803. The van der Waals surface area contributed by atoms with Crippen molar-refractivity contribution >= 4 is 11.3 Å². The van der Waals surface area contributed by atoms with E-state index in [1.54, 1.807) is 6.07 Å². The van der Waals surface area contributed by atoms with Crippen LogP contribution < -0.4 is 4.90 Å². The van der Waals surface area contributed by atoms with Crippen LogP contribution in [0.2, 0.25) is 0 Å². The van der Waals surface area contributed by atoms with Crippen LogP contribution in [-0.4, -0.2) is 35.7 Å². The fourth-order valence-electron chi connectivity index (χ4n) is 6.51. The molecule has 0 radical (unpaired) electrons. The lowest BCUT2D eigenvalue weighted by Gasteiger charge is -2.41. The van der Waals surface area contributed by atoms with Gasteiger partial charge in [-0.3, -0.25) is 4.90 Å². The van der Waals surface area contributed by atoms with Crippen LogP contribution in [0, 0.1) is 31.5 Å². The predicted molar refractivity (Wildman–Crippen MR) is 165 cm³/mol. The second-order valence-corrected chi connectivity index (χ2v) is 11.8. The molecule has 1 aliphatic carbocycles. The molecule has 0 bridgehead atoms. The van der Waals surface area contributed by atoms with Crippen LogP contribution in [0.4, 0.5) is 10.1 Å². The summed E-state index contributed by atoms with van der Waals surface area (Å²) in [6.07, 6.45) is 5.85. The zero-order valence-corrected chi connectivity index (χ0v) is 24.2. The summed E-state index contributed by atoms with van der Waals surface area (Å²) in [4.78, 5) is 4.99. The summed E-state index contributed by atoms with van der Waals surface area (Å²) in [5.41, 5.74) is 8.90. The molecule has 40 heavy (non-hydrogen) atoms. The number of allylic oxidation sites excluding steroid dienone is 2. The number of piperidine rings is 1. The first-order chi connectivity index (χ1) is 19.3. The molecule has 1 saturated carbocycles. The molecule has 0 unspecified atom stereocenters. The Morgan fingerprint density at radius 3 is 2.33 bits per heavy atom. The third-order valence-electron chi connectivity index (χ3n) is 8.90. The molecule has 3 aromatic rings. The van der Waals surface area contributed by atoms with Gasteiger partial charge in [-0.2, -0.15) is 0 Å². The average Bonchev–Trinajstić information content (AvgIpc) is 2.93. The Hall–Kier alpha value is -3.21. The van der Waals surface area contributed by atoms with Gasteiger partial charge >= 0.3 is 0 Å². The number of para-hydroxylation sites is 1. The average molecular weight is 539 g/mol. The van der Waals surface area contributed by atoms with Crippen LogP contribution in [0.15, 0.2) is 85.1 Å². The smallest absolute Gasteiger partial charge is 0.131 e. The van der Waals surface area contributed by atoms with Gasteiger partial charge in [0.1, 0.15) is 5.82 Å². The van der Waals surface area contributed by atoms with Crippen molar-refractivity contribution in [3.63, 3.8) is 0 Å². The zero-order valence-electron chi connectivity index (χ0n) is 24.2. The SMILES string of the molecule is C=C(C1CCN(Cc2ccc(/C(=C\C)c3ccccc3F)c(C)c2)CC1)N(CC1CC(O)C1)c1ccccc1C. The van der Waals surface area contributed by atoms with Crippen molar-refractivity contribution in [2.24, 2.45) is 11.8 Å². The largest absolute Gasteiger partial charge is 0.393 e. The van der Waals surface area contributed by atoms with E-state index in [9.17, 15) is 9.50 Å². The highest BCUT2D eigenvalue weighted by Gasteiger charge is 2.32. The number of benzene rings is 3. The number of hydrogen-bond donors (Lipinski definition) is 1. The Bertz CT molecular complexity index is 1360. The summed E-state index contributed by atoms with van der Waals surface area (Å²) in [5, 5.41) is 9.86. The molecule has 3 aromatic carbocycles. The van der Waals surface area contributed by atoms with Crippen molar-refractivity contribution < 1.29 is 9.50 Å². The molecule has 5 rings (SSSR count). The second-order valence-electron chi connectivity index (χ2n) is 11.8. The molecule has 0 atom stereocenters. The van der Waals surface area contributed by atoms with E-state index in [1.807, 2.05) is 25.1 Å². The molecule has 0 spiro atoms. The quantitative estimate of drug-likeness (QED) is 0.300. The van der Waals surface area contributed by atoms with Crippen LogP contribution in [0.3, 0.4) is 0 Å². The van der Waals surface area contributed by atoms with E-state index >= 15 is 0 Å². The lowest BCUT2D eigenvalue weighted by atomic mass is 9.81. The summed E-state index contributed by atoms with van der Waals surface area (Å²) >= 11 is 0. The monoisotopic (exact) mass is 538 g/mol. The maximum Gasteiger partial charge on any atom is 0.131 e. The van der Waals surface area contributed by atoms with Gasteiger partial charge in [-0.15, -0.1) is 0 Å². The lowest BCUT2D eigenvalue weighted by Crippen LogP contribution is -2.41. The highest BCUT2D eigenvalue weighted by Crippen LogP contribution is 2.36. The van der Waals surface area contributed by atoms with Gasteiger partial charge in [-0.05, 0) is 105 Å². The van der Waals surface area contributed by atoms with Crippen molar-refractivity contribution in [3.05, 3.63) is 119 Å². The minimum Gasteiger partial charge on any atom is -0.393 e. The van der Waals surface area contributed by atoms with Gasteiger partial charge in [0.25, 0.3) is 0 Å². The number of aliphatic hydroxyl groups is 1. The maximum absolute atomic E-state index is 14.5. The molecular formula is C36H43FN2O. The molecule has 210 valence electrons. The molecule has 2 aliphatic rings. The molecule has 1 N–H and O–H groups in total. The number of likely N-dealkylation sites (tertiary alicyclic amines) is 1. The van der Waals surface area contributed by atoms with Gasteiger partial charge in [0.15, 0.2) is 0 Å². The Labute approximate surface area is 239 Å². The van der Waals surface area contributed by atoms with Gasteiger partial charge < -0.3 is 10.0 Å². The van der Waals surface area contributed by atoms with Crippen molar-refractivity contribution in [2.75, 3.05) is 24.5 Å². The molecule has 4 heteroatoms. The van der Waals surface area contributed by atoms with Crippen LogP contribution in [0.1, 0.15) is 60.4 Å². The van der Waals surface area contributed by atoms with E-state index < -0.39 is 0 Å². The Balaban J connectivity index is 1.22. The van der Waals surface area contributed by atoms with Crippen LogP contribution in [0.25, 0.3) is 5.57 Å². The molecule has 1 aliphatic heterocycles. The van der Waals surface area contributed by atoms with Crippen LogP contribution in [-0.2, 0) is 6.54 Å². The van der Waals surface area contributed by atoms with E-state index in [4.69, 9.17) is 0 Å². The number of anilines is 1. The molecule has 1 heterocycles. The topological polar surface area (TPSA) is 26.7 Å². The van der Waals surface area contributed by atoms with Crippen LogP contribution >= 0.6 is 0 Å². The molecule has 2 fully saturated rings.